The van der Waals surface area contributed by atoms with E-state index in [0.717, 1.165) is 25.8 Å². The van der Waals surface area contributed by atoms with Gasteiger partial charge in [0.1, 0.15) is 0 Å². The lowest BCUT2D eigenvalue weighted by atomic mass is 9.86. The second-order valence-electron chi connectivity index (χ2n) is 4.28. The average molecular weight is 212 g/mol. The third-order valence-electron chi connectivity index (χ3n) is 3.00. The number of hydrogen-bond donors (Lipinski definition) is 1. The van der Waals surface area contributed by atoms with E-state index in [0.29, 0.717) is 6.54 Å². The second-order valence-corrected chi connectivity index (χ2v) is 4.28. The molecule has 0 aliphatic carbocycles. The highest BCUT2D eigenvalue weighted by atomic mass is 16.2. The number of hydrogen-bond acceptors (Lipinski definition) is 2. The highest BCUT2D eigenvalue weighted by molar-refractivity contribution is 5.82. The van der Waals surface area contributed by atoms with Gasteiger partial charge >= 0.3 is 0 Å². The largest absolute Gasteiger partial charge is 0.345 e. The molecule has 15 heavy (non-hydrogen) atoms. The first-order valence-corrected chi connectivity index (χ1v) is 5.58. The fraction of sp³-hybridized carbons (Fsp3) is 0.750. The van der Waals surface area contributed by atoms with Crippen LogP contribution in [-0.4, -0.2) is 30.9 Å². The van der Waals surface area contributed by atoms with E-state index in [1.165, 1.54) is 0 Å². The maximum atomic E-state index is 12.0. The van der Waals surface area contributed by atoms with Crippen molar-refractivity contribution in [2.45, 2.75) is 33.1 Å². The van der Waals surface area contributed by atoms with Gasteiger partial charge in [0.2, 0.25) is 5.91 Å². The quantitative estimate of drug-likeness (QED) is 0.516. The summed E-state index contributed by atoms with van der Waals surface area (Å²) >= 11 is 0. The van der Waals surface area contributed by atoms with Crippen LogP contribution in [-0.2, 0) is 4.79 Å². The van der Waals surface area contributed by atoms with Crippen molar-refractivity contribution in [2.24, 2.45) is 11.1 Å². The minimum absolute atomic E-state index is 0.150. The topological polar surface area (TPSA) is 46.3 Å². The number of amides is 1. The van der Waals surface area contributed by atoms with E-state index in [1.807, 2.05) is 27.0 Å². The van der Waals surface area contributed by atoms with Gasteiger partial charge in [-0.15, -0.1) is 6.58 Å². The molecule has 0 saturated heterocycles. The molecule has 2 N–H and O–H groups in total. The number of nitrogens with two attached hydrogens (primary N) is 1. The Hall–Kier alpha value is -0.830. The fourth-order valence-electron chi connectivity index (χ4n) is 1.42. The lowest BCUT2D eigenvalue weighted by Gasteiger charge is -2.30. The summed E-state index contributed by atoms with van der Waals surface area (Å²) in [5.74, 6) is 0.150. The van der Waals surface area contributed by atoms with Gasteiger partial charge in [0.25, 0.3) is 0 Å². The maximum absolute atomic E-state index is 12.0. The molecule has 0 bridgehead atoms. The summed E-state index contributed by atoms with van der Waals surface area (Å²) in [5, 5.41) is 0. The van der Waals surface area contributed by atoms with Crippen molar-refractivity contribution in [1.82, 2.24) is 4.90 Å². The SMILES string of the molecule is C=CCCCN(C)C(=O)C(C)(CC)CN. The van der Waals surface area contributed by atoms with Crippen LogP contribution in [0.5, 0.6) is 0 Å². The highest BCUT2D eigenvalue weighted by Gasteiger charge is 2.31. The van der Waals surface area contributed by atoms with Gasteiger partial charge in [-0.3, -0.25) is 4.79 Å². The molecular formula is C12H24N2O. The summed E-state index contributed by atoms with van der Waals surface area (Å²) in [6.07, 6.45) is 4.58. The van der Waals surface area contributed by atoms with E-state index in [-0.39, 0.29) is 5.91 Å². The van der Waals surface area contributed by atoms with Crippen molar-refractivity contribution in [3.05, 3.63) is 12.7 Å². The van der Waals surface area contributed by atoms with E-state index in [9.17, 15) is 4.79 Å². The van der Waals surface area contributed by atoms with E-state index in [2.05, 4.69) is 6.58 Å². The first kappa shape index (κ1) is 14.2. The van der Waals surface area contributed by atoms with Gasteiger partial charge in [-0.05, 0) is 26.2 Å². The average Bonchev–Trinajstić information content (AvgIpc) is 2.27. The van der Waals surface area contributed by atoms with Gasteiger partial charge in [0, 0.05) is 20.1 Å². The van der Waals surface area contributed by atoms with Crippen molar-refractivity contribution in [3.63, 3.8) is 0 Å². The molecule has 0 spiro atoms. The molecule has 0 fully saturated rings. The summed E-state index contributed by atoms with van der Waals surface area (Å²) in [6, 6.07) is 0. The van der Waals surface area contributed by atoms with Crippen LogP contribution in [0, 0.1) is 5.41 Å². The number of carbonyl (C=O) groups is 1. The molecule has 0 aromatic rings. The van der Waals surface area contributed by atoms with Gasteiger partial charge in [-0.1, -0.05) is 13.0 Å². The Bertz CT molecular complexity index is 210. The zero-order valence-corrected chi connectivity index (χ0v) is 10.3. The van der Waals surface area contributed by atoms with Crippen molar-refractivity contribution >= 4 is 5.91 Å². The molecule has 0 saturated carbocycles. The Morgan fingerprint density at radius 3 is 2.60 bits per heavy atom. The van der Waals surface area contributed by atoms with Crippen LogP contribution in [0.25, 0.3) is 0 Å². The molecule has 0 rings (SSSR count). The maximum Gasteiger partial charge on any atom is 0.229 e. The van der Waals surface area contributed by atoms with Crippen molar-refractivity contribution in [2.75, 3.05) is 20.1 Å². The van der Waals surface area contributed by atoms with Gasteiger partial charge in [-0.25, -0.2) is 0 Å². The van der Waals surface area contributed by atoms with E-state index >= 15 is 0 Å². The number of nitrogens with zero attached hydrogens (tertiary/aromatic N) is 1. The second kappa shape index (κ2) is 6.62. The zero-order valence-electron chi connectivity index (χ0n) is 10.3. The van der Waals surface area contributed by atoms with E-state index in [1.54, 1.807) is 4.90 Å². The molecule has 3 heteroatoms. The molecular weight excluding hydrogens is 188 g/mol. The number of allylic oxidation sites excluding steroid dienone is 1. The van der Waals surface area contributed by atoms with Crippen LogP contribution in [0.3, 0.4) is 0 Å². The molecule has 0 radical (unpaired) electrons. The predicted octanol–water partition coefficient (Wildman–Crippen LogP) is 1.79. The van der Waals surface area contributed by atoms with Crippen LogP contribution in [0.1, 0.15) is 33.1 Å². The standard InChI is InChI=1S/C12H24N2O/c1-5-7-8-9-14(4)11(15)12(3,6-2)10-13/h5H,1,6-10,13H2,2-4H3. The molecule has 3 nitrogen and oxygen atoms in total. The lowest BCUT2D eigenvalue weighted by molar-refractivity contribution is -0.139. The Kier molecular flexibility index (Phi) is 6.25. The number of rotatable bonds is 7. The molecule has 1 unspecified atom stereocenters. The summed E-state index contributed by atoms with van der Waals surface area (Å²) in [5.41, 5.74) is 5.25. The predicted molar refractivity (Wildman–Crippen MR) is 64.5 cm³/mol. The summed E-state index contributed by atoms with van der Waals surface area (Å²) < 4.78 is 0. The van der Waals surface area contributed by atoms with Crippen LogP contribution >= 0.6 is 0 Å². The Balaban J connectivity index is 4.23. The molecule has 0 aromatic heterocycles. The van der Waals surface area contributed by atoms with Crippen molar-refractivity contribution in [1.29, 1.82) is 0 Å². The van der Waals surface area contributed by atoms with E-state index in [4.69, 9.17) is 5.73 Å². The summed E-state index contributed by atoms with van der Waals surface area (Å²) in [6.45, 7) is 8.78. The number of unbranched alkanes of at least 4 members (excludes halogenated alkanes) is 1. The highest BCUT2D eigenvalue weighted by Crippen LogP contribution is 2.22. The Labute approximate surface area is 93.3 Å². The van der Waals surface area contributed by atoms with Gasteiger partial charge < -0.3 is 10.6 Å². The van der Waals surface area contributed by atoms with Crippen LogP contribution in [0.2, 0.25) is 0 Å². The van der Waals surface area contributed by atoms with Crippen LogP contribution < -0.4 is 5.73 Å². The fourth-order valence-corrected chi connectivity index (χ4v) is 1.42. The monoisotopic (exact) mass is 212 g/mol. The van der Waals surface area contributed by atoms with Crippen LogP contribution in [0.4, 0.5) is 0 Å². The van der Waals surface area contributed by atoms with Gasteiger partial charge in [-0.2, -0.15) is 0 Å². The minimum Gasteiger partial charge on any atom is -0.345 e. The molecule has 1 amide bonds. The Morgan fingerprint density at radius 2 is 2.20 bits per heavy atom. The minimum atomic E-state index is -0.400. The first-order valence-electron chi connectivity index (χ1n) is 5.58. The molecule has 0 heterocycles. The van der Waals surface area contributed by atoms with Gasteiger partial charge in [0.05, 0.1) is 5.41 Å². The summed E-state index contributed by atoms with van der Waals surface area (Å²) in [7, 11) is 1.84. The molecule has 0 aliphatic rings. The number of carbonyl (C=O) groups excluding carboxylic acids is 1. The molecule has 1 atom stereocenters. The third-order valence-corrected chi connectivity index (χ3v) is 3.00. The summed E-state index contributed by atoms with van der Waals surface area (Å²) in [4.78, 5) is 13.8. The van der Waals surface area contributed by atoms with E-state index < -0.39 is 5.41 Å². The van der Waals surface area contributed by atoms with Crippen molar-refractivity contribution in [3.8, 4) is 0 Å². The molecule has 0 aromatic carbocycles. The third kappa shape index (κ3) is 4.04. The lowest BCUT2D eigenvalue weighted by Crippen LogP contribution is -2.44. The zero-order chi connectivity index (χ0) is 11.9. The first-order chi connectivity index (χ1) is 7.01. The molecule has 88 valence electrons. The Morgan fingerprint density at radius 1 is 1.60 bits per heavy atom. The molecule has 0 aliphatic heterocycles. The van der Waals surface area contributed by atoms with Crippen molar-refractivity contribution < 1.29 is 4.79 Å². The van der Waals surface area contributed by atoms with Crippen LogP contribution in [0.15, 0.2) is 12.7 Å². The smallest absolute Gasteiger partial charge is 0.229 e. The normalized spacial score (nSPS) is 14.4. The van der Waals surface area contributed by atoms with Gasteiger partial charge in [0.15, 0.2) is 0 Å².